The number of hydrogen-bond donors (Lipinski definition) is 2. The molecule has 24 heavy (non-hydrogen) atoms. The van der Waals surface area contributed by atoms with Crippen molar-refractivity contribution in [3.63, 3.8) is 0 Å². The molecule has 1 saturated heterocycles. The summed E-state index contributed by atoms with van der Waals surface area (Å²) in [5, 5.41) is 8.11. The van der Waals surface area contributed by atoms with Crippen molar-refractivity contribution in [1.82, 2.24) is 24.6 Å². The second-order valence-corrected chi connectivity index (χ2v) is 7.83. The van der Waals surface area contributed by atoms with Crippen LogP contribution in [0.15, 0.2) is 11.0 Å². The molecule has 1 fully saturated rings. The van der Waals surface area contributed by atoms with Gasteiger partial charge in [-0.05, 0) is 52.6 Å². The first kappa shape index (κ1) is 17.0. The highest BCUT2D eigenvalue weighted by atomic mass is 16.1. The fourth-order valence-corrected chi connectivity index (χ4v) is 3.11. The third-order valence-corrected chi connectivity index (χ3v) is 4.67. The van der Waals surface area contributed by atoms with Crippen molar-refractivity contribution in [3.05, 3.63) is 16.6 Å². The molecule has 2 aromatic rings. The Bertz CT molecular complexity index is 749. The monoisotopic (exact) mass is 332 g/mol. The van der Waals surface area contributed by atoms with E-state index in [9.17, 15) is 4.79 Å². The Labute approximate surface area is 142 Å². The Morgan fingerprint density at radius 1 is 1.33 bits per heavy atom. The normalized spacial score (nSPS) is 17.5. The number of hydrogen-bond acceptors (Lipinski definition) is 5. The zero-order valence-corrected chi connectivity index (χ0v) is 15.1. The third kappa shape index (κ3) is 3.61. The first-order valence-corrected chi connectivity index (χ1v) is 8.79. The highest BCUT2D eigenvalue weighted by molar-refractivity contribution is 5.74. The van der Waals surface area contributed by atoms with E-state index in [1.165, 1.54) is 12.8 Å². The predicted octanol–water partition coefficient (Wildman–Crippen LogP) is 2.02. The lowest BCUT2D eigenvalue weighted by atomic mass is 9.99. The van der Waals surface area contributed by atoms with Crippen molar-refractivity contribution < 1.29 is 0 Å². The standard InChI is InChI=1S/C17H28N6O/c1-12-5-8-22(9-6-12)10-7-18-16-20-14-13(15(24)21-16)11-19-23(14)17(2,3)4/h11-12H,5-10H2,1-4H3,(H2,18,20,21,24). The van der Waals surface area contributed by atoms with Gasteiger partial charge in [-0.25, -0.2) is 4.68 Å². The molecule has 0 saturated carbocycles. The van der Waals surface area contributed by atoms with Crippen LogP contribution in [0.1, 0.15) is 40.5 Å². The molecule has 0 atom stereocenters. The van der Waals surface area contributed by atoms with E-state index in [1.54, 1.807) is 10.9 Å². The van der Waals surface area contributed by atoms with Gasteiger partial charge in [0.05, 0.1) is 11.7 Å². The molecule has 3 heterocycles. The predicted molar refractivity (Wildman–Crippen MR) is 96.5 cm³/mol. The van der Waals surface area contributed by atoms with Crippen molar-refractivity contribution in [2.75, 3.05) is 31.5 Å². The summed E-state index contributed by atoms with van der Waals surface area (Å²) in [5.41, 5.74) is 0.259. The second-order valence-electron chi connectivity index (χ2n) is 7.83. The maximum Gasteiger partial charge on any atom is 0.263 e. The number of nitrogens with zero attached hydrogens (tertiary/aromatic N) is 4. The molecular weight excluding hydrogens is 304 g/mol. The van der Waals surface area contributed by atoms with Crippen LogP contribution in [0.25, 0.3) is 11.0 Å². The first-order chi connectivity index (χ1) is 11.3. The van der Waals surface area contributed by atoms with E-state index in [4.69, 9.17) is 0 Å². The van der Waals surface area contributed by atoms with Gasteiger partial charge in [0.1, 0.15) is 5.39 Å². The van der Waals surface area contributed by atoms with Gasteiger partial charge in [0.25, 0.3) is 5.56 Å². The van der Waals surface area contributed by atoms with Crippen LogP contribution in [-0.4, -0.2) is 50.8 Å². The van der Waals surface area contributed by atoms with Gasteiger partial charge in [0, 0.05) is 13.1 Å². The van der Waals surface area contributed by atoms with Crippen LogP contribution in [0.4, 0.5) is 5.95 Å². The van der Waals surface area contributed by atoms with Gasteiger partial charge >= 0.3 is 0 Å². The molecule has 0 aliphatic carbocycles. The Morgan fingerprint density at radius 2 is 2.04 bits per heavy atom. The number of fused-ring (bicyclic) bond motifs is 1. The molecule has 0 amide bonds. The Kier molecular flexibility index (Phi) is 4.62. The zero-order chi connectivity index (χ0) is 17.3. The minimum Gasteiger partial charge on any atom is -0.354 e. The fraction of sp³-hybridized carbons (Fsp3) is 0.706. The summed E-state index contributed by atoms with van der Waals surface area (Å²) in [5.74, 6) is 1.36. The quantitative estimate of drug-likeness (QED) is 0.895. The molecule has 7 nitrogen and oxygen atoms in total. The molecule has 0 bridgehead atoms. The third-order valence-electron chi connectivity index (χ3n) is 4.67. The smallest absolute Gasteiger partial charge is 0.263 e. The Balaban J connectivity index is 1.70. The summed E-state index contributed by atoms with van der Waals surface area (Å²) >= 11 is 0. The van der Waals surface area contributed by atoms with Gasteiger partial charge in [0.2, 0.25) is 5.95 Å². The van der Waals surface area contributed by atoms with Crippen molar-refractivity contribution in [1.29, 1.82) is 0 Å². The second kappa shape index (κ2) is 6.55. The van der Waals surface area contributed by atoms with Gasteiger partial charge in [-0.2, -0.15) is 10.1 Å². The van der Waals surface area contributed by atoms with E-state index < -0.39 is 0 Å². The molecule has 2 aromatic heterocycles. The molecule has 0 radical (unpaired) electrons. The summed E-state index contributed by atoms with van der Waals surface area (Å²) in [4.78, 5) is 22.1. The Morgan fingerprint density at radius 3 is 2.71 bits per heavy atom. The van der Waals surface area contributed by atoms with Crippen molar-refractivity contribution in [3.8, 4) is 0 Å². The molecule has 1 aliphatic heterocycles. The molecule has 0 aromatic carbocycles. The van der Waals surface area contributed by atoms with Gasteiger partial charge in [-0.3, -0.25) is 9.78 Å². The van der Waals surface area contributed by atoms with Crippen molar-refractivity contribution >= 4 is 17.0 Å². The topological polar surface area (TPSA) is 78.8 Å². The van der Waals surface area contributed by atoms with Crippen LogP contribution in [0.2, 0.25) is 0 Å². The number of anilines is 1. The number of H-pyrrole nitrogens is 1. The highest BCUT2D eigenvalue weighted by Crippen LogP contribution is 2.19. The lowest BCUT2D eigenvalue weighted by Crippen LogP contribution is -2.36. The van der Waals surface area contributed by atoms with Gasteiger partial charge < -0.3 is 10.2 Å². The molecule has 1 aliphatic rings. The van der Waals surface area contributed by atoms with Gasteiger partial charge in [-0.1, -0.05) is 6.92 Å². The number of likely N-dealkylation sites (tertiary alicyclic amines) is 1. The van der Waals surface area contributed by atoms with Crippen LogP contribution >= 0.6 is 0 Å². The maximum absolute atomic E-state index is 12.2. The minimum atomic E-state index is -0.218. The van der Waals surface area contributed by atoms with Crippen LogP contribution in [0.3, 0.4) is 0 Å². The zero-order valence-electron chi connectivity index (χ0n) is 15.1. The average Bonchev–Trinajstić information content (AvgIpc) is 2.94. The van der Waals surface area contributed by atoms with E-state index >= 15 is 0 Å². The molecular formula is C17H28N6O. The van der Waals surface area contributed by atoms with Gasteiger partial charge in [0.15, 0.2) is 5.65 Å². The number of rotatable bonds is 4. The van der Waals surface area contributed by atoms with E-state index in [0.29, 0.717) is 17.0 Å². The van der Waals surface area contributed by atoms with Crippen molar-refractivity contribution in [2.45, 2.75) is 46.1 Å². The molecule has 2 N–H and O–H groups in total. The lowest BCUT2D eigenvalue weighted by Gasteiger charge is -2.30. The molecule has 132 valence electrons. The highest BCUT2D eigenvalue weighted by Gasteiger charge is 2.20. The van der Waals surface area contributed by atoms with Crippen LogP contribution < -0.4 is 10.9 Å². The largest absolute Gasteiger partial charge is 0.354 e. The lowest BCUT2D eigenvalue weighted by molar-refractivity contribution is 0.199. The fourth-order valence-electron chi connectivity index (χ4n) is 3.11. The number of piperidine rings is 1. The number of nitrogens with one attached hydrogen (secondary N) is 2. The van der Waals surface area contributed by atoms with E-state index in [0.717, 1.165) is 32.1 Å². The summed E-state index contributed by atoms with van der Waals surface area (Å²) in [6, 6.07) is 0. The Hall–Kier alpha value is -1.89. The number of aromatic nitrogens is 4. The van der Waals surface area contributed by atoms with Crippen LogP contribution in [0, 0.1) is 5.92 Å². The van der Waals surface area contributed by atoms with Crippen molar-refractivity contribution in [2.24, 2.45) is 5.92 Å². The first-order valence-electron chi connectivity index (χ1n) is 8.79. The summed E-state index contributed by atoms with van der Waals surface area (Å²) < 4.78 is 1.80. The van der Waals surface area contributed by atoms with Crippen LogP contribution in [0.5, 0.6) is 0 Å². The molecule has 3 rings (SSSR count). The molecule has 7 heteroatoms. The van der Waals surface area contributed by atoms with Gasteiger partial charge in [-0.15, -0.1) is 0 Å². The minimum absolute atomic E-state index is 0.148. The summed E-state index contributed by atoms with van der Waals surface area (Å²) in [6.07, 6.45) is 4.13. The summed E-state index contributed by atoms with van der Waals surface area (Å²) in [7, 11) is 0. The van der Waals surface area contributed by atoms with Crippen LogP contribution in [-0.2, 0) is 5.54 Å². The maximum atomic E-state index is 12.2. The average molecular weight is 332 g/mol. The summed E-state index contributed by atoms with van der Waals surface area (Å²) in [6.45, 7) is 12.5. The SMILES string of the molecule is CC1CCN(CCNc2nc3c(cnn3C(C)(C)C)c(=O)[nH]2)CC1. The molecule has 0 spiro atoms. The van der Waals surface area contributed by atoms with E-state index in [-0.39, 0.29) is 11.1 Å². The van der Waals surface area contributed by atoms with E-state index in [1.807, 2.05) is 20.8 Å². The number of aromatic amines is 1. The van der Waals surface area contributed by atoms with E-state index in [2.05, 4.69) is 32.2 Å². The molecule has 0 unspecified atom stereocenters.